The molecule has 38 heavy (non-hydrogen) atoms. The summed E-state index contributed by atoms with van der Waals surface area (Å²) in [4.78, 5) is 53.9. The van der Waals surface area contributed by atoms with Crippen molar-refractivity contribution < 1.29 is 33.8 Å². The van der Waals surface area contributed by atoms with E-state index in [-0.39, 0.29) is 57.2 Å². The smallest absolute Gasteiger partial charge is 0.409 e. The van der Waals surface area contributed by atoms with Crippen molar-refractivity contribution in [2.75, 3.05) is 32.8 Å². The first-order valence-corrected chi connectivity index (χ1v) is 12.6. The molecule has 0 spiro atoms. The van der Waals surface area contributed by atoms with E-state index in [1.807, 2.05) is 6.07 Å². The van der Waals surface area contributed by atoms with Crippen molar-refractivity contribution in [3.05, 3.63) is 42.1 Å². The lowest BCUT2D eigenvalue weighted by Gasteiger charge is -2.36. The number of para-hydroxylation sites is 1. The van der Waals surface area contributed by atoms with E-state index in [9.17, 15) is 24.3 Å². The Labute approximate surface area is 221 Å². The maximum Gasteiger partial charge on any atom is 0.409 e. The van der Waals surface area contributed by atoms with Crippen LogP contribution in [0.5, 0.6) is 5.88 Å². The Bertz CT molecular complexity index is 1130. The number of hydrogen-bond acceptors (Lipinski definition) is 8. The number of carbonyl (C=O) groups excluding carboxylic acids is 4. The van der Waals surface area contributed by atoms with Gasteiger partial charge in [0.2, 0.25) is 11.8 Å². The van der Waals surface area contributed by atoms with E-state index < -0.39 is 35.5 Å². The molecule has 1 aromatic carbocycles. The molecule has 2 aromatic rings. The summed E-state index contributed by atoms with van der Waals surface area (Å²) in [6.45, 7) is 8.28. The Hall–Kier alpha value is -4.09. The van der Waals surface area contributed by atoms with Crippen molar-refractivity contribution in [1.82, 2.24) is 24.9 Å². The van der Waals surface area contributed by atoms with Gasteiger partial charge >= 0.3 is 12.1 Å². The molecule has 206 valence electrons. The number of aromatic nitrogens is 2. The lowest BCUT2D eigenvalue weighted by molar-refractivity contribution is -0.155. The van der Waals surface area contributed by atoms with Crippen LogP contribution in [0.2, 0.25) is 0 Å². The predicted molar refractivity (Wildman–Crippen MR) is 137 cm³/mol. The fourth-order valence-electron chi connectivity index (χ4n) is 3.93. The number of hydrogen-bond donors (Lipinski definition) is 2. The molecule has 3 rings (SSSR count). The maximum atomic E-state index is 13.4. The molecule has 0 unspecified atom stereocenters. The van der Waals surface area contributed by atoms with E-state index in [1.54, 1.807) is 52.0 Å². The number of aromatic hydroxyl groups is 1. The van der Waals surface area contributed by atoms with Gasteiger partial charge in [-0.2, -0.15) is 5.10 Å². The van der Waals surface area contributed by atoms with Crippen molar-refractivity contribution in [2.45, 2.75) is 52.2 Å². The topological polar surface area (TPSA) is 143 Å². The van der Waals surface area contributed by atoms with Crippen LogP contribution in [-0.2, 0) is 19.1 Å². The number of carbonyl (C=O) groups is 4. The Morgan fingerprint density at radius 2 is 1.68 bits per heavy atom. The number of ether oxygens (including phenoxy) is 2. The number of nitrogens with one attached hydrogen (secondary N) is 1. The normalized spacial score (nSPS) is 14.5. The second-order valence-corrected chi connectivity index (χ2v) is 9.80. The lowest BCUT2D eigenvalue weighted by atomic mass is 10.1. The van der Waals surface area contributed by atoms with E-state index in [2.05, 4.69) is 10.4 Å². The van der Waals surface area contributed by atoms with Gasteiger partial charge in [0.1, 0.15) is 11.6 Å². The molecule has 0 bridgehead atoms. The van der Waals surface area contributed by atoms with E-state index in [1.165, 1.54) is 20.5 Å². The van der Waals surface area contributed by atoms with Gasteiger partial charge in [-0.1, -0.05) is 18.2 Å². The third-order valence-electron chi connectivity index (χ3n) is 5.70. The summed E-state index contributed by atoms with van der Waals surface area (Å²) in [5, 5.41) is 17.2. The fraction of sp³-hybridized carbons (Fsp3) is 0.500. The zero-order chi connectivity index (χ0) is 27.9. The first kappa shape index (κ1) is 28.5. The van der Waals surface area contributed by atoms with Crippen LogP contribution in [0.3, 0.4) is 0 Å². The molecule has 3 amide bonds. The van der Waals surface area contributed by atoms with Crippen LogP contribution in [0.15, 0.2) is 36.4 Å². The molecular weight excluding hydrogens is 494 g/mol. The molecule has 0 radical (unpaired) electrons. The maximum absolute atomic E-state index is 13.4. The zero-order valence-corrected chi connectivity index (χ0v) is 22.2. The van der Waals surface area contributed by atoms with Crippen LogP contribution in [-0.4, -0.2) is 93.0 Å². The van der Waals surface area contributed by atoms with Crippen molar-refractivity contribution in [2.24, 2.45) is 0 Å². The molecule has 1 fully saturated rings. The molecule has 1 aliphatic rings. The van der Waals surface area contributed by atoms with Gasteiger partial charge < -0.3 is 29.7 Å². The Balaban J connectivity index is 1.72. The quantitative estimate of drug-likeness (QED) is 0.495. The van der Waals surface area contributed by atoms with E-state index in [4.69, 9.17) is 9.47 Å². The van der Waals surface area contributed by atoms with Gasteiger partial charge in [-0.3, -0.25) is 14.4 Å². The monoisotopic (exact) mass is 529 g/mol. The number of piperazine rings is 1. The highest BCUT2D eigenvalue weighted by Gasteiger charge is 2.32. The molecule has 2 N–H and O–H groups in total. The van der Waals surface area contributed by atoms with Crippen molar-refractivity contribution >= 4 is 23.9 Å². The summed E-state index contributed by atoms with van der Waals surface area (Å²) in [5.41, 5.74) is -0.222. The highest BCUT2D eigenvalue weighted by atomic mass is 16.6. The molecule has 0 aliphatic carbocycles. The number of esters is 1. The summed E-state index contributed by atoms with van der Waals surface area (Å²) in [6, 6.07) is 8.94. The zero-order valence-electron chi connectivity index (χ0n) is 22.2. The molecule has 1 atom stereocenters. The van der Waals surface area contributed by atoms with Gasteiger partial charge in [0.05, 0.1) is 12.3 Å². The highest BCUT2D eigenvalue weighted by Crippen LogP contribution is 2.19. The predicted octanol–water partition coefficient (Wildman–Crippen LogP) is 2.10. The molecule has 0 saturated carbocycles. The molecule has 2 heterocycles. The van der Waals surface area contributed by atoms with Crippen molar-refractivity contribution in [3.8, 4) is 11.6 Å². The van der Waals surface area contributed by atoms with Gasteiger partial charge in [-0.15, -0.1) is 0 Å². The SMILES string of the molecule is CCOC(=O)N1CCN(C(=O)[C@H](CCC(=O)OC(C)(C)C)NC(=O)c2cc(O)n(-c3ccccc3)n2)CC1. The van der Waals surface area contributed by atoms with Crippen LogP contribution in [0.1, 0.15) is 51.0 Å². The summed E-state index contributed by atoms with van der Waals surface area (Å²) in [5.74, 6) is -1.81. The average molecular weight is 530 g/mol. The Morgan fingerprint density at radius 1 is 1.05 bits per heavy atom. The van der Waals surface area contributed by atoms with E-state index in [0.29, 0.717) is 5.69 Å². The summed E-state index contributed by atoms with van der Waals surface area (Å²) in [6.07, 6.45) is -0.535. The number of benzene rings is 1. The van der Waals surface area contributed by atoms with Gasteiger partial charge in [0.25, 0.3) is 5.91 Å². The van der Waals surface area contributed by atoms with Gasteiger partial charge in [-0.05, 0) is 46.2 Å². The van der Waals surface area contributed by atoms with Gasteiger partial charge in [0.15, 0.2) is 5.69 Å². The first-order valence-electron chi connectivity index (χ1n) is 12.6. The molecule has 12 nitrogen and oxygen atoms in total. The first-order chi connectivity index (χ1) is 18.0. The molecule has 1 aromatic heterocycles. The molecular formula is C26H35N5O7. The molecule has 1 saturated heterocycles. The minimum Gasteiger partial charge on any atom is -0.493 e. The Morgan fingerprint density at radius 3 is 2.29 bits per heavy atom. The van der Waals surface area contributed by atoms with E-state index >= 15 is 0 Å². The summed E-state index contributed by atoms with van der Waals surface area (Å²) < 4.78 is 11.6. The third kappa shape index (κ3) is 7.70. The third-order valence-corrected chi connectivity index (χ3v) is 5.70. The standard InChI is InChI=1S/C26H35N5O7/c1-5-37-25(36)30-15-13-29(14-16-30)24(35)19(11-12-22(33)38-26(2,3)4)27-23(34)20-17-21(32)31(28-20)18-9-7-6-8-10-18/h6-10,17,19,32H,5,11-16H2,1-4H3,(H,27,34)/t19-/m0/s1. The average Bonchev–Trinajstić information content (AvgIpc) is 3.27. The molecule has 12 heteroatoms. The number of amides is 3. The van der Waals surface area contributed by atoms with Crippen LogP contribution >= 0.6 is 0 Å². The highest BCUT2D eigenvalue weighted by molar-refractivity contribution is 5.96. The second-order valence-electron chi connectivity index (χ2n) is 9.80. The van der Waals surface area contributed by atoms with Crippen LogP contribution in [0.4, 0.5) is 4.79 Å². The van der Waals surface area contributed by atoms with Crippen LogP contribution < -0.4 is 5.32 Å². The Kier molecular flexibility index (Phi) is 9.32. The summed E-state index contributed by atoms with van der Waals surface area (Å²) >= 11 is 0. The van der Waals surface area contributed by atoms with Gasteiger partial charge in [0, 0.05) is 38.7 Å². The largest absolute Gasteiger partial charge is 0.493 e. The van der Waals surface area contributed by atoms with Gasteiger partial charge in [-0.25, -0.2) is 9.48 Å². The number of rotatable bonds is 8. The number of nitrogens with zero attached hydrogens (tertiary/aromatic N) is 4. The minimum atomic E-state index is -1.05. The summed E-state index contributed by atoms with van der Waals surface area (Å²) in [7, 11) is 0. The fourth-order valence-corrected chi connectivity index (χ4v) is 3.93. The minimum absolute atomic E-state index is 0.00293. The van der Waals surface area contributed by atoms with Crippen LogP contribution in [0.25, 0.3) is 5.69 Å². The second kappa shape index (κ2) is 12.4. The van der Waals surface area contributed by atoms with Crippen molar-refractivity contribution in [3.63, 3.8) is 0 Å². The molecule has 1 aliphatic heterocycles. The van der Waals surface area contributed by atoms with Crippen molar-refractivity contribution in [1.29, 1.82) is 0 Å². The van der Waals surface area contributed by atoms with Crippen LogP contribution in [0, 0.1) is 0 Å². The van der Waals surface area contributed by atoms with E-state index in [0.717, 1.165) is 0 Å². The lowest BCUT2D eigenvalue weighted by Crippen LogP contribution is -2.56.